The van der Waals surface area contributed by atoms with Gasteiger partial charge in [-0.1, -0.05) is 30.3 Å². The van der Waals surface area contributed by atoms with Gasteiger partial charge in [-0.2, -0.15) is 0 Å². The SMILES string of the molecule is O=C1NCC(c2ccccc2)O1. The molecule has 12 heavy (non-hydrogen) atoms. The van der Waals surface area contributed by atoms with Crippen molar-refractivity contribution < 1.29 is 9.53 Å². The summed E-state index contributed by atoms with van der Waals surface area (Å²) >= 11 is 0. The fraction of sp³-hybridized carbons (Fsp3) is 0.222. The zero-order chi connectivity index (χ0) is 8.39. The highest BCUT2D eigenvalue weighted by Gasteiger charge is 2.23. The van der Waals surface area contributed by atoms with Crippen molar-refractivity contribution in [1.82, 2.24) is 5.32 Å². The van der Waals surface area contributed by atoms with Crippen LogP contribution in [0.3, 0.4) is 0 Å². The molecular formula is C9H9NO2. The van der Waals surface area contributed by atoms with E-state index in [2.05, 4.69) is 5.32 Å². The molecule has 1 unspecified atom stereocenters. The van der Waals surface area contributed by atoms with Crippen molar-refractivity contribution in [3.63, 3.8) is 0 Å². The molecule has 1 saturated heterocycles. The van der Waals surface area contributed by atoms with Crippen LogP contribution in [0, 0.1) is 0 Å². The zero-order valence-electron chi connectivity index (χ0n) is 6.49. The van der Waals surface area contributed by atoms with Crippen molar-refractivity contribution in [3.8, 4) is 0 Å². The van der Waals surface area contributed by atoms with E-state index in [0.29, 0.717) is 6.54 Å². The number of nitrogens with one attached hydrogen (secondary N) is 1. The number of amides is 1. The first kappa shape index (κ1) is 7.16. The number of hydrogen-bond acceptors (Lipinski definition) is 2. The van der Waals surface area contributed by atoms with Crippen molar-refractivity contribution in [1.29, 1.82) is 0 Å². The van der Waals surface area contributed by atoms with Crippen LogP contribution in [0.1, 0.15) is 11.7 Å². The lowest BCUT2D eigenvalue weighted by atomic mass is 10.1. The average Bonchev–Trinajstić information content (AvgIpc) is 2.54. The molecule has 1 N–H and O–H groups in total. The van der Waals surface area contributed by atoms with Gasteiger partial charge in [-0.3, -0.25) is 0 Å². The van der Waals surface area contributed by atoms with Gasteiger partial charge in [0.05, 0.1) is 6.54 Å². The second-order valence-corrected chi connectivity index (χ2v) is 2.69. The second-order valence-electron chi connectivity index (χ2n) is 2.69. The number of ether oxygens (including phenoxy) is 1. The van der Waals surface area contributed by atoms with Gasteiger partial charge in [0.2, 0.25) is 0 Å². The van der Waals surface area contributed by atoms with Crippen LogP contribution >= 0.6 is 0 Å². The van der Waals surface area contributed by atoms with Gasteiger partial charge in [0.1, 0.15) is 6.10 Å². The number of cyclic esters (lactones) is 1. The third-order valence-electron chi connectivity index (χ3n) is 1.85. The molecule has 1 amide bonds. The Bertz CT molecular complexity index is 284. The van der Waals surface area contributed by atoms with Gasteiger partial charge in [0.25, 0.3) is 0 Å². The molecule has 1 aromatic rings. The van der Waals surface area contributed by atoms with Crippen LogP contribution in [-0.2, 0) is 4.74 Å². The highest BCUT2D eigenvalue weighted by Crippen LogP contribution is 2.19. The minimum Gasteiger partial charge on any atom is -0.439 e. The molecule has 0 spiro atoms. The van der Waals surface area contributed by atoms with Crippen LogP contribution in [0.5, 0.6) is 0 Å². The summed E-state index contributed by atoms with van der Waals surface area (Å²) in [4.78, 5) is 10.7. The maximum Gasteiger partial charge on any atom is 0.407 e. The van der Waals surface area contributed by atoms with Gasteiger partial charge in [-0.05, 0) is 5.56 Å². The van der Waals surface area contributed by atoms with Gasteiger partial charge in [0.15, 0.2) is 0 Å². The van der Waals surface area contributed by atoms with Crippen LogP contribution in [0.2, 0.25) is 0 Å². The largest absolute Gasteiger partial charge is 0.439 e. The van der Waals surface area contributed by atoms with Gasteiger partial charge in [-0.15, -0.1) is 0 Å². The molecule has 1 fully saturated rings. The summed E-state index contributed by atoms with van der Waals surface area (Å²) in [5.41, 5.74) is 1.04. The second kappa shape index (κ2) is 2.85. The van der Waals surface area contributed by atoms with Gasteiger partial charge in [0, 0.05) is 0 Å². The van der Waals surface area contributed by atoms with Crippen molar-refractivity contribution >= 4 is 6.09 Å². The smallest absolute Gasteiger partial charge is 0.407 e. The minimum absolute atomic E-state index is 0.112. The summed E-state index contributed by atoms with van der Waals surface area (Å²) in [5.74, 6) is 0. The minimum atomic E-state index is -0.330. The molecule has 3 heteroatoms. The number of benzene rings is 1. The van der Waals surface area contributed by atoms with Crippen molar-refractivity contribution in [2.75, 3.05) is 6.54 Å². The number of rotatable bonds is 1. The molecule has 0 aromatic heterocycles. The third kappa shape index (κ3) is 1.25. The summed E-state index contributed by atoms with van der Waals surface area (Å²) in [5, 5.41) is 2.61. The topological polar surface area (TPSA) is 38.3 Å². The Kier molecular flexibility index (Phi) is 1.70. The lowest BCUT2D eigenvalue weighted by Crippen LogP contribution is -2.12. The highest BCUT2D eigenvalue weighted by molar-refractivity contribution is 5.69. The number of hydrogen-bond donors (Lipinski definition) is 1. The van der Waals surface area contributed by atoms with Crippen molar-refractivity contribution in [2.24, 2.45) is 0 Å². The summed E-state index contributed by atoms with van der Waals surface area (Å²) in [6.07, 6.45) is -0.442. The van der Waals surface area contributed by atoms with E-state index in [0.717, 1.165) is 5.56 Å². The van der Waals surface area contributed by atoms with Gasteiger partial charge < -0.3 is 10.1 Å². The summed E-state index contributed by atoms with van der Waals surface area (Å²) in [7, 11) is 0. The fourth-order valence-electron chi connectivity index (χ4n) is 1.24. The predicted octanol–water partition coefficient (Wildman–Crippen LogP) is 1.47. The number of carbonyl (C=O) groups excluding carboxylic acids is 1. The molecule has 1 atom stereocenters. The Morgan fingerprint density at radius 2 is 2.08 bits per heavy atom. The molecule has 2 rings (SSSR count). The molecule has 62 valence electrons. The van der Waals surface area contributed by atoms with Crippen LogP contribution in [-0.4, -0.2) is 12.6 Å². The lowest BCUT2D eigenvalue weighted by molar-refractivity contribution is 0.141. The van der Waals surface area contributed by atoms with Crippen molar-refractivity contribution in [2.45, 2.75) is 6.10 Å². The lowest BCUT2D eigenvalue weighted by Gasteiger charge is -2.06. The quantitative estimate of drug-likeness (QED) is 0.680. The van der Waals surface area contributed by atoms with Gasteiger partial charge in [-0.25, -0.2) is 4.79 Å². The molecule has 0 radical (unpaired) electrons. The first-order valence-corrected chi connectivity index (χ1v) is 3.86. The van der Waals surface area contributed by atoms with Crippen LogP contribution in [0.15, 0.2) is 30.3 Å². The normalized spacial score (nSPS) is 21.7. The van der Waals surface area contributed by atoms with E-state index < -0.39 is 0 Å². The molecule has 1 aromatic carbocycles. The molecule has 1 aliphatic heterocycles. The maximum atomic E-state index is 10.7. The Morgan fingerprint density at radius 3 is 2.67 bits per heavy atom. The van der Waals surface area contributed by atoms with E-state index >= 15 is 0 Å². The van der Waals surface area contributed by atoms with Crippen LogP contribution in [0.4, 0.5) is 4.79 Å². The van der Waals surface area contributed by atoms with Crippen LogP contribution in [0.25, 0.3) is 0 Å². The highest BCUT2D eigenvalue weighted by atomic mass is 16.6. The first-order chi connectivity index (χ1) is 5.86. The van der Waals surface area contributed by atoms with E-state index in [1.807, 2.05) is 30.3 Å². The predicted molar refractivity (Wildman–Crippen MR) is 43.7 cm³/mol. The number of alkyl carbamates (subject to hydrolysis) is 1. The Labute approximate surface area is 70.3 Å². The standard InChI is InChI=1S/C9H9NO2/c11-9-10-6-8(12-9)7-4-2-1-3-5-7/h1-5,8H,6H2,(H,10,11). The van der Waals surface area contributed by atoms with E-state index in [-0.39, 0.29) is 12.2 Å². The number of carbonyl (C=O) groups is 1. The van der Waals surface area contributed by atoms with Gasteiger partial charge >= 0.3 is 6.09 Å². The molecule has 1 aliphatic rings. The maximum absolute atomic E-state index is 10.7. The Hall–Kier alpha value is -1.51. The van der Waals surface area contributed by atoms with Crippen molar-refractivity contribution in [3.05, 3.63) is 35.9 Å². The Morgan fingerprint density at radius 1 is 1.33 bits per heavy atom. The molecule has 0 bridgehead atoms. The molecule has 3 nitrogen and oxygen atoms in total. The summed E-state index contributed by atoms with van der Waals surface area (Å²) in [6, 6.07) is 9.70. The molecule has 0 saturated carbocycles. The monoisotopic (exact) mass is 163 g/mol. The van der Waals surface area contributed by atoms with Crippen LogP contribution < -0.4 is 5.32 Å². The zero-order valence-corrected chi connectivity index (χ0v) is 6.49. The molecular weight excluding hydrogens is 154 g/mol. The van der Waals surface area contributed by atoms with E-state index in [1.165, 1.54) is 0 Å². The summed E-state index contributed by atoms with van der Waals surface area (Å²) < 4.78 is 5.00. The third-order valence-corrected chi connectivity index (χ3v) is 1.85. The Balaban J connectivity index is 2.16. The average molecular weight is 163 g/mol. The fourth-order valence-corrected chi connectivity index (χ4v) is 1.24. The van der Waals surface area contributed by atoms with E-state index in [9.17, 15) is 4.79 Å². The van der Waals surface area contributed by atoms with E-state index in [4.69, 9.17) is 4.74 Å². The summed E-state index contributed by atoms with van der Waals surface area (Å²) in [6.45, 7) is 0.572. The molecule has 0 aliphatic carbocycles. The van der Waals surface area contributed by atoms with E-state index in [1.54, 1.807) is 0 Å². The molecule has 1 heterocycles. The first-order valence-electron chi connectivity index (χ1n) is 3.86.